The molecule has 98 valence electrons. The van der Waals surface area contributed by atoms with Gasteiger partial charge in [-0.1, -0.05) is 0 Å². The molecule has 0 saturated carbocycles. The van der Waals surface area contributed by atoms with E-state index in [1.807, 2.05) is 6.07 Å². The van der Waals surface area contributed by atoms with Gasteiger partial charge in [-0.05, 0) is 13.2 Å². The van der Waals surface area contributed by atoms with Crippen LogP contribution >= 0.6 is 11.8 Å². The second-order valence-corrected chi connectivity index (χ2v) is 4.95. The quantitative estimate of drug-likeness (QED) is 0.854. The molecule has 0 bridgehead atoms. The minimum Gasteiger partial charge on any atom is -0.378 e. The van der Waals surface area contributed by atoms with Crippen LogP contribution in [0.1, 0.15) is 12.6 Å². The lowest BCUT2D eigenvalue weighted by atomic mass is 10.3. The van der Waals surface area contributed by atoms with E-state index in [9.17, 15) is 0 Å². The number of anilines is 1. The van der Waals surface area contributed by atoms with E-state index in [2.05, 4.69) is 33.6 Å². The third-order valence-corrected chi connectivity index (χ3v) is 3.24. The SMILES string of the molecule is COCc1cc(NC(C)CSC)n2ncnc2n1. The van der Waals surface area contributed by atoms with Gasteiger partial charge in [0.25, 0.3) is 5.78 Å². The van der Waals surface area contributed by atoms with Gasteiger partial charge in [-0.25, -0.2) is 4.98 Å². The second-order valence-electron chi connectivity index (χ2n) is 4.04. The smallest absolute Gasteiger partial charge is 0.254 e. The van der Waals surface area contributed by atoms with Crippen molar-refractivity contribution in [1.29, 1.82) is 0 Å². The molecule has 6 nitrogen and oxygen atoms in total. The van der Waals surface area contributed by atoms with E-state index >= 15 is 0 Å². The van der Waals surface area contributed by atoms with E-state index in [1.54, 1.807) is 23.4 Å². The molecule has 0 aliphatic carbocycles. The molecule has 0 amide bonds. The maximum atomic E-state index is 5.11. The summed E-state index contributed by atoms with van der Waals surface area (Å²) in [5.74, 6) is 2.51. The Morgan fingerprint density at radius 3 is 3.11 bits per heavy atom. The van der Waals surface area contributed by atoms with Gasteiger partial charge >= 0.3 is 0 Å². The topological polar surface area (TPSA) is 64.3 Å². The zero-order valence-corrected chi connectivity index (χ0v) is 11.6. The molecule has 0 radical (unpaired) electrons. The van der Waals surface area contributed by atoms with Crippen LogP contribution in [0.3, 0.4) is 0 Å². The molecule has 1 N–H and O–H groups in total. The van der Waals surface area contributed by atoms with Gasteiger partial charge in [0.1, 0.15) is 12.1 Å². The Morgan fingerprint density at radius 1 is 1.56 bits per heavy atom. The van der Waals surface area contributed by atoms with E-state index in [0.717, 1.165) is 17.3 Å². The first-order valence-electron chi connectivity index (χ1n) is 5.68. The Morgan fingerprint density at radius 2 is 2.39 bits per heavy atom. The summed E-state index contributed by atoms with van der Waals surface area (Å²) in [6, 6.07) is 2.30. The minimum atomic E-state index is 0.352. The molecule has 1 unspecified atom stereocenters. The number of fused-ring (bicyclic) bond motifs is 1. The number of ether oxygens (including phenoxy) is 1. The molecule has 2 heterocycles. The van der Waals surface area contributed by atoms with E-state index < -0.39 is 0 Å². The van der Waals surface area contributed by atoms with Crippen molar-refractivity contribution >= 4 is 23.4 Å². The molecule has 2 aromatic rings. The number of nitrogens with zero attached hydrogens (tertiary/aromatic N) is 4. The van der Waals surface area contributed by atoms with Crippen molar-refractivity contribution < 1.29 is 4.74 Å². The molecular formula is C11H17N5OS. The average molecular weight is 267 g/mol. The summed E-state index contributed by atoms with van der Waals surface area (Å²) >= 11 is 1.80. The van der Waals surface area contributed by atoms with Crippen molar-refractivity contribution in [2.45, 2.75) is 19.6 Å². The molecule has 0 aliphatic rings. The molecule has 2 aromatic heterocycles. The van der Waals surface area contributed by atoms with Crippen LogP contribution in [-0.2, 0) is 11.3 Å². The predicted molar refractivity (Wildman–Crippen MR) is 73.0 cm³/mol. The Bertz CT molecular complexity index is 515. The summed E-state index contributed by atoms with van der Waals surface area (Å²) < 4.78 is 6.81. The zero-order chi connectivity index (χ0) is 13.0. The largest absolute Gasteiger partial charge is 0.378 e. The summed E-state index contributed by atoms with van der Waals surface area (Å²) in [7, 11) is 1.65. The van der Waals surface area contributed by atoms with E-state index in [1.165, 1.54) is 6.33 Å². The van der Waals surface area contributed by atoms with Crippen molar-refractivity contribution in [2.75, 3.05) is 24.4 Å². The highest BCUT2D eigenvalue weighted by Crippen LogP contribution is 2.13. The number of thioether (sulfide) groups is 1. The molecule has 0 spiro atoms. The third-order valence-electron chi connectivity index (χ3n) is 2.41. The highest BCUT2D eigenvalue weighted by molar-refractivity contribution is 7.98. The van der Waals surface area contributed by atoms with Gasteiger partial charge in [-0.3, -0.25) is 0 Å². The molecule has 1 atom stereocenters. The molecule has 0 fully saturated rings. The fraction of sp³-hybridized carbons (Fsp3) is 0.545. The van der Waals surface area contributed by atoms with E-state index in [0.29, 0.717) is 18.4 Å². The third kappa shape index (κ3) is 2.91. The Kier molecular flexibility index (Phi) is 4.38. The summed E-state index contributed by atoms with van der Waals surface area (Å²) in [5, 5.41) is 7.58. The summed E-state index contributed by atoms with van der Waals surface area (Å²) in [4.78, 5) is 8.47. The Hall–Kier alpha value is -1.34. The van der Waals surface area contributed by atoms with Crippen molar-refractivity contribution in [1.82, 2.24) is 19.6 Å². The maximum absolute atomic E-state index is 5.11. The molecule has 2 rings (SSSR count). The van der Waals surface area contributed by atoms with Gasteiger partial charge in [-0.15, -0.1) is 0 Å². The van der Waals surface area contributed by atoms with Crippen molar-refractivity contribution in [3.8, 4) is 0 Å². The fourth-order valence-electron chi connectivity index (χ4n) is 1.73. The number of aromatic nitrogens is 4. The lowest BCUT2D eigenvalue weighted by Gasteiger charge is -2.15. The monoisotopic (exact) mass is 267 g/mol. The Balaban J connectivity index is 2.31. The van der Waals surface area contributed by atoms with Crippen LogP contribution in [0.15, 0.2) is 12.4 Å². The minimum absolute atomic E-state index is 0.352. The van der Waals surface area contributed by atoms with Crippen LogP contribution in [0.2, 0.25) is 0 Å². The summed E-state index contributed by atoms with van der Waals surface area (Å²) in [6.45, 7) is 2.60. The lowest BCUT2D eigenvalue weighted by molar-refractivity contribution is 0.181. The summed E-state index contributed by atoms with van der Waals surface area (Å²) in [6.07, 6.45) is 3.59. The van der Waals surface area contributed by atoms with Crippen molar-refractivity contribution in [3.63, 3.8) is 0 Å². The normalized spacial score (nSPS) is 12.8. The average Bonchev–Trinajstić information content (AvgIpc) is 2.78. The van der Waals surface area contributed by atoms with Gasteiger partial charge in [-0.2, -0.15) is 26.4 Å². The number of methoxy groups -OCH3 is 1. The van der Waals surface area contributed by atoms with Crippen LogP contribution in [-0.4, -0.2) is 44.7 Å². The van der Waals surface area contributed by atoms with Gasteiger partial charge in [0.15, 0.2) is 0 Å². The number of hydrogen-bond donors (Lipinski definition) is 1. The zero-order valence-electron chi connectivity index (χ0n) is 10.8. The predicted octanol–water partition coefficient (Wildman–Crippen LogP) is 1.43. The van der Waals surface area contributed by atoms with Crippen LogP contribution in [0.25, 0.3) is 5.78 Å². The van der Waals surface area contributed by atoms with Gasteiger partial charge < -0.3 is 10.1 Å². The molecule has 0 aliphatic heterocycles. The molecular weight excluding hydrogens is 250 g/mol. The van der Waals surface area contributed by atoms with E-state index in [-0.39, 0.29) is 0 Å². The number of hydrogen-bond acceptors (Lipinski definition) is 6. The number of rotatable bonds is 6. The number of nitrogens with one attached hydrogen (secondary N) is 1. The maximum Gasteiger partial charge on any atom is 0.254 e. The standard InChI is InChI=1S/C11H17N5OS/c1-8(6-18-3)14-10-4-9(5-17-2)15-11-12-7-13-16(10)11/h4,7-8,14H,5-6H2,1-3H3. The molecule has 0 saturated heterocycles. The second kappa shape index (κ2) is 6.01. The van der Waals surface area contributed by atoms with E-state index in [4.69, 9.17) is 4.74 Å². The van der Waals surface area contributed by atoms with Crippen LogP contribution in [0, 0.1) is 0 Å². The fourth-order valence-corrected chi connectivity index (χ4v) is 2.31. The molecule has 7 heteroatoms. The van der Waals surface area contributed by atoms with Gasteiger partial charge in [0.05, 0.1) is 12.3 Å². The van der Waals surface area contributed by atoms with Crippen molar-refractivity contribution in [2.24, 2.45) is 0 Å². The first kappa shape index (κ1) is 13.1. The molecule has 0 aromatic carbocycles. The van der Waals surface area contributed by atoms with Crippen LogP contribution in [0.5, 0.6) is 0 Å². The highest BCUT2D eigenvalue weighted by atomic mass is 32.2. The first-order chi connectivity index (χ1) is 8.74. The Labute approximate surface area is 110 Å². The van der Waals surface area contributed by atoms with Crippen molar-refractivity contribution in [3.05, 3.63) is 18.1 Å². The molecule has 18 heavy (non-hydrogen) atoms. The first-order valence-corrected chi connectivity index (χ1v) is 7.08. The van der Waals surface area contributed by atoms with Gasteiger partial charge in [0, 0.05) is 25.0 Å². The van der Waals surface area contributed by atoms with Crippen LogP contribution < -0.4 is 5.32 Å². The van der Waals surface area contributed by atoms with Gasteiger partial charge in [0.2, 0.25) is 0 Å². The lowest BCUT2D eigenvalue weighted by Crippen LogP contribution is -2.20. The van der Waals surface area contributed by atoms with Crippen LogP contribution in [0.4, 0.5) is 5.82 Å². The highest BCUT2D eigenvalue weighted by Gasteiger charge is 2.09. The summed E-state index contributed by atoms with van der Waals surface area (Å²) in [5.41, 5.74) is 0.844.